The molecule has 108 valence electrons. The SMILES string of the molecule is O=C(CN1CCOCC1)NC1(c2ccc(Cl)cc2)CC1. The maximum absolute atomic E-state index is 12.2. The monoisotopic (exact) mass is 294 g/mol. The Balaban J connectivity index is 1.59. The molecule has 1 saturated heterocycles. The van der Waals surface area contributed by atoms with Crippen molar-refractivity contribution in [2.75, 3.05) is 32.8 Å². The van der Waals surface area contributed by atoms with Gasteiger partial charge in [0.2, 0.25) is 5.91 Å². The molecule has 1 N–H and O–H groups in total. The Kier molecular flexibility index (Phi) is 3.96. The van der Waals surface area contributed by atoms with Gasteiger partial charge in [0.25, 0.3) is 0 Å². The average molecular weight is 295 g/mol. The highest BCUT2D eigenvalue weighted by molar-refractivity contribution is 6.30. The third-order valence-corrected chi connectivity index (χ3v) is 4.25. The van der Waals surface area contributed by atoms with E-state index in [1.807, 2.05) is 24.3 Å². The zero-order chi connectivity index (χ0) is 14.0. The lowest BCUT2D eigenvalue weighted by molar-refractivity contribution is -0.124. The second kappa shape index (κ2) is 5.72. The van der Waals surface area contributed by atoms with Gasteiger partial charge in [-0.1, -0.05) is 23.7 Å². The van der Waals surface area contributed by atoms with E-state index in [-0.39, 0.29) is 11.4 Å². The predicted molar refractivity (Wildman–Crippen MR) is 77.8 cm³/mol. The van der Waals surface area contributed by atoms with Gasteiger partial charge in [0.05, 0.1) is 25.3 Å². The lowest BCUT2D eigenvalue weighted by Crippen LogP contribution is -2.45. The van der Waals surface area contributed by atoms with E-state index in [2.05, 4.69) is 10.2 Å². The first-order valence-corrected chi connectivity index (χ1v) is 7.43. The molecule has 2 fully saturated rings. The number of halogens is 1. The molecule has 1 aliphatic carbocycles. The molecule has 0 aromatic heterocycles. The van der Waals surface area contributed by atoms with Gasteiger partial charge in [-0.15, -0.1) is 0 Å². The summed E-state index contributed by atoms with van der Waals surface area (Å²) in [6.07, 6.45) is 2.01. The van der Waals surface area contributed by atoms with Gasteiger partial charge in [-0.3, -0.25) is 9.69 Å². The highest BCUT2D eigenvalue weighted by Gasteiger charge is 2.45. The van der Waals surface area contributed by atoms with Crippen LogP contribution in [-0.2, 0) is 15.1 Å². The van der Waals surface area contributed by atoms with Gasteiger partial charge in [0, 0.05) is 18.1 Å². The maximum atomic E-state index is 12.2. The lowest BCUT2D eigenvalue weighted by Gasteiger charge is -2.27. The first-order chi connectivity index (χ1) is 9.68. The van der Waals surface area contributed by atoms with Crippen LogP contribution < -0.4 is 5.32 Å². The van der Waals surface area contributed by atoms with Crippen molar-refractivity contribution in [2.24, 2.45) is 0 Å². The number of morpholine rings is 1. The van der Waals surface area contributed by atoms with Crippen LogP contribution >= 0.6 is 11.6 Å². The Morgan fingerprint density at radius 3 is 2.50 bits per heavy atom. The number of nitrogens with zero attached hydrogens (tertiary/aromatic N) is 1. The van der Waals surface area contributed by atoms with Gasteiger partial charge >= 0.3 is 0 Å². The van der Waals surface area contributed by atoms with E-state index in [0.717, 1.165) is 49.7 Å². The standard InChI is InChI=1S/C15H19ClN2O2/c16-13-3-1-12(2-4-13)15(5-6-15)17-14(19)11-18-7-9-20-10-8-18/h1-4H,5-11H2,(H,17,19). The summed E-state index contributed by atoms with van der Waals surface area (Å²) in [5.74, 6) is 0.0966. The topological polar surface area (TPSA) is 41.6 Å². The summed E-state index contributed by atoms with van der Waals surface area (Å²) in [4.78, 5) is 14.3. The van der Waals surface area contributed by atoms with Crippen molar-refractivity contribution in [1.82, 2.24) is 10.2 Å². The number of hydrogen-bond donors (Lipinski definition) is 1. The molecular formula is C15H19ClN2O2. The zero-order valence-corrected chi connectivity index (χ0v) is 12.2. The van der Waals surface area contributed by atoms with Crippen molar-refractivity contribution in [3.8, 4) is 0 Å². The summed E-state index contributed by atoms with van der Waals surface area (Å²) in [6, 6.07) is 7.77. The number of ether oxygens (including phenoxy) is 1. The molecule has 1 aromatic rings. The second-order valence-electron chi connectivity index (χ2n) is 5.53. The minimum atomic E-state index is -0.159. The molecule has 0 radical (unpaired) electrons. The lowest BCUT2D eigenvalue weighted by atomic mass is 10.1. The molecule has 1 aromatic carbocycles. The van der Waals surface area contributed by atoms with Crippen LogP contribution in [0.25, 0.3) is 0 Å². The van der Waals surface area contributed by atoms with Crippen LogP contribution in [0.1, 0.15) is 18.4 Å². The van der Waals surface area contributed by atoms with Crippen molar-refractivity contribution >= 4 is 17.5 Å². The van der Waals surface area contributed by atoms with E-state index in [4.69, 9.17) is 16.3 Å². The molecule has 4 nitrogen and oxygen atoms in total. The summed E-state index contributed by atoms with van der Waals surface area (Å²) in [6.45, 7) is 3.56. The van der Waals surface area contributed by atoms with E-state index in [1.54, 1.807) is 0 Å². The molecule has 2 aliphatic rings. The molecule has 1 saturated carbocycles. The van der Waals surface area contributed by atoms with Crippen LogP contribution in [0.5, 0.6) is 0 Å². The Bertz CT molecular complexity index is 479. The fourth-order valence-electron chi connectivity index (χ4n) is 2.65. The number of amides is 1. The molecule has 0 atom stereocenters. The number of carbonyl (C=O) groups excluding carboxylic acids is 1. The third-order valence-electron chi connectivity index (χ3n) is 4.00. The summed E-state index contributed by atoms with van der Waals surface area (Å²) in [5, 5.41) is 3.91. The zero-order valence-electron chi connectivity index (χ0n) is 11.4. The molecule has 5 heteroatoms. The first kappa shape index (κ1) is 13.9. The molecule has 1 aliphatic heterocycles. The van der Waals surface area contributed by atoms with Crippen molar-refractivity contribution < 1.29 is 9.53 Å². The summed E-state index contributed by atoms with van der Waals surface area (Å²) in [7, 11) is 0. The Morgan fingerprint density at radius 2 is 1.90 bits per heavy atom. The summed E-state index contributed by atoms with van der Waals surface area (Å²) in [5.41, 5.74) is 0.991. The minimum absolute atomic E-state index is 0.0966. The number of hydrogen-bond acceptors (Lipinski definition) is 3. The Morgan fingerprint density at radius 1 is 1.25 bits per heavy atom. The highest BCUT2D eigenvalue weighted by atomic mass is 35.5. The molecule has 0 unspecified atom stereocenters. The molecule has 20 heavy (non-hydrogen) atoms. The van der Waals surface area contributed by atoms with E-state index in [1.165, 1.54) is 0 Å². The van der Waals surface area contributed by atoms with Gasteiger partial charge in [0.1, 0.15) is 0 Å². The smallest absolute Gasteiger partial charge is 0.234 e. The van der Waals surface area contributed by atoms with Crippen LogP contribution in [0.3, 0.4) is 0 Å². The molecule has 3 rings (SSSR count). The quantitative estimate of drug-likeness (QED) is 0.920. The Labute approximate surface area is 124 Å². The van der Waals surface area contributed by atoms with Crippen LogP contribution in [-0.4, -0.2) is 43.7 Å². The summed E-state index contributed by atoms with van der Waals surface area (Å²) < 4.78 is 5.29. The van der Waals surface area contributed by atoms with E-state index in [9.17, 15) is 4.79 Å². The van der Waals surface area contributed by atoms with E-state index >= 15 is 0 Å². The van der Waals surface area contributed by atoms with Gasteiger partial charge in [-0.05, 0) is 30.5 Å². The number of benzene rings is 1. The minimum Gasteiger partial charge on any atom is -0.379 e. The number of rotatable bonds is 4. The van der Waals surface area contributed by atoms with Crippen molar-refractivity contribution in [1.29, 1.82) is 0 Å². The van der Waals surface area contributed by atoms with Gasteiger partial charge in [0.15, 0.2) is 0 Å². The normalized spacial score (nSPS) is 21.4. The highest BCUT2D eigenvalue weighted by Crippen LogP contribution is 2.45. The summed E-state index contributed by atoms with van der Waals surface area (Å²) >= 11 is 5.91. The van der Waals surface area contributed by atoms with Crippen molar-refractivity contribution in [2.45, 2.75) is 18.4 Å². The third kappa shape index (κ3) is 3.14. The number of carbonyl (C=O) groups is 1. The largest absolute Gasteiger partial charge is 0.379 e. The average Bonchev–Trinajstić information content (AvgIpc) is 3.21. The van der Waals surface area contributed by atoms with Gasteiger partial charge < -0.3 is 10.1 Å². The molecular weight excluding hydrogens is 276 g/mol. The fourth-order valence-corrected chi connectivity index (χ4v) is 2.77. The first-order valence-electron chi connectivity index (χ1n) is 7.05. The fraction of sp³-hybridized carbons (Fsp3) is 0.533. The van der Waals surface area contributed by atoms with Crippen LogP contribution in [0.4, 0.5) is 0 Å². The molecule has 1 heterocycles. The number of nitrogens with one attached hydrogen (secondary N) is 1. The van der Waals surface area contributed by atoms with Gasteiger partial charge in [-0.25, -0.2) is 0 Å². The van der Waals surface area contributed by atoms with Crippen molar-refractivity contribution in [3.63, 3.8) is 0 Å². The molecule has 0 bridgehead atoms. The van der Waals surface area contributed by atoms with Crippen LogP contribution in [0, 0.1) is 0 Å². The maximum Gasteiger partial charge on any atom is 0.234 e. The van der Waals surface area contributed by atoms with Crippen molar-refractivity contribution in [3.05, 3.63) is 34.9 Å². The van der Waals surface area contributed by atoms with Crippen LogP contribution in [0.15, 0.2) is 24.3 Å². The van der Waals surface area contributed by atoms with E-state index < -0.39 is 0 Å². The Hall–Kier alpha value is -1.10. The van der Waals surface area contributed by atoms with E-state index in [0.29, 0.717) is 6.54 Å². The molecule has 1 amide bonds. The predicted octanol–water partition coefficient (Wildman–Crippen LogP) is 1.78. The van der Waals surface area contributed by atoms with Crippen LogP contribution in [0.2, 0.25) is 5.02 Å². The molecule has 0 spiro atoms. The van der Waals surface area contributed by atoms with Gasteiger partial charge in [-0.2, -0.15) is 0 Å². The second-order valence-corrected chi connectivity index (χ2v) is 5.96.